The van der Waals surface area contributed by atoms with Crippen LogP contribution < -0.4 is 11.3 Å². The Morgan fingerprint density at radius 2 is 1.86 bits per heavy atom. The highest BCUT2D eigenvalue weighted by molar-refractivity contribution is 6.30. The maximum Gasteiger partial charge on any atom is 0.141 e. The minimum absolute atomic E-state index is 0.00132. The molecule has 0 aromatic heterocycles. The van der Waals surface area contributed by atoms with Crippen molar-refractivity contribution in [3.63, 3.8) is 0 Å². The molecule has 0 radical (unpaired) electrons. The second-order valence-electron chi connectivity index (χ2n) is 5.76. The standard InChI is InChI=1S/C17H20ClFN2/c1-17(2,13-6-4-3-5-7-13)16(21-20)11-12-8-9-15(19)14(18)10-12/h3-10,16,21H,11,20H2,1-2H3. The van der Waals surface area contributed by atoms with Crippen LogP contribution in [0.25, 0.3) is 0 Å². The average molecular weight is 307 g/mol. The fraction of sp³-hybridized carbons (Fsp3) is 0.294. The molecule has 0 aliphatic carbocycles. The summed E-state index contributed by atoms with van der Waals surface area (Å²) in [6.45, 7) is 4.27. The van der Waals surface area contributed by atoms with Crippen molar-refractivity contribution in [3.05, 3.63) is 70.5 Å². The first-order valence-electron chi connectivity index (χ1n) is 6.90. The normalized spacial score (nSPS) is 13.2. The molecule has 1 unspecified atom stereocenters. The first kappa shape index (κ1) is 16.0. The van der Waals surface area contributed by atoms with E-state index >= 15 is 0 Å². The number of nitrogens with two attached hydrogens (primary N) is 1. The van der Waals surface area contributed by atoms with E-state index in [4.69, 9.17) is 17.4 Å². The summed E-state index contributed by atoms with van der Waals surface area (Å²) in [5.74, 6) is 5.35. The molecule has 0 fully saturated rings. The van der Waals surface area contributed by atoms with Crippen molar-refractivity contribution in [2.45, 2.75) is 31.7 Å². The van der Waals surface area contributed by atoms with Crippen molar-refractivity contribution in [1.82, 2.24) is 5.43 Å². The molecule has 2 rings (SSSR count). The minimum Gasteiger partial charge on any atom is -0.271 e. The molecule has 2 nitrogen and oxygen atoms in total. The molecule has 0 bridgehead atoms. The van der Waals surface area contributed by atoms with Crippen LogP contribution in [0, 0.1) is 5.82 Å². The minimum atomic E-state index is -0.403. The predicted molar refractivity (Wildman–Crippen MR) is 85.7 cm³/mol. The molecule has 0 heterocycles. The second kappa shape index (κ2) is 6.56. The van der Waals surface area contributed by atoms with Crippen LogP contribution >= 0.6 is 11.6 Å². The lowest BCUT2D eigenvalue weighted by molar-refractivity contribution is 0.341. The van der Waals surface area contributed by atoms with E-state index in [1.807, 2.05) is 18.2 Å². The molecule has 112 valence electrons. The molecule has 0 saturated carbocycles. The number of nitrogens with one attached hydrogen (secondary N) is 1. The Morgan fingerprint density at radius 1 is 1.19 bits per heavy atom. The maximum atomic E-state index is 13.2. The second-order valence-corrected chi connectivity index (χ2v) is 6.17. The molecule has 2 aromatic rings. The zero-order valence-electron chi connectivity index (χ0n) is 12.2. The van der Waals surface area contributed by atoms with Crippen molar-refractivity contribution in [3.8, 4) is 0 Å². The van der Waals surface area contributed by atoms with Gasteiger partial charge in [-0.15, -0.1) is 0 Å². The first-order chi connectivity index (χ1) is 9.95. The molecule has 0 aliphatic rings. The van der Waals surface area contributed by atoms with Gasteiger partial charge in [-0.05, 0) is 29.7 Å². The monoisotopic (exact) mass is 306 g/mol. The molecule has 1 atom stereocenters. The largest absolute Gasteiger partial charge is 0.271 e. The summed E-state index contributed by atoms with van der Waals surface area (Å²) in [5.41, 5.74) is 4.86. The van der Waals surface area contributed by atoms with Crippen LogP contribution in [-0.2, 0) is 11.8 Å². The van der Waals surface area contributed by atoms with Gasteiger partial charge in [-0.25, -0.2) is 4.39 Å². The summed E-state index contributed by atoms with van der Waals surface area (Å²) < 4.78 is 13.2. The Labute approximate surface area is 130 Å². The van der Waals surface area contributed by atoms with E-state index < -0.39 is 5.82 Å². The highest BCUT2D eigenvalue weighted by atomic mass is 35.5. The summed E-state index contributed by atoms with van der Waals surface area (Å²) in [6, 6.07) is 15.0. The van der Waals surface area contributed by atoms with Gasteiger partial charge < -0.3 is 0 Å². The van der Waals surface area contributed by atoms with Crippen LogP contribution in [0.4, 0.5) is 4.39 Å². The van der Waals surface area contributed by atoms with Crippen LogP contribution in [-0.4, -0.2) is 6.04 Å². The number of hydrazine groups is 1. The Morgan fingerprint density at radius 3 is 2.43 bits per heavy atom. The third kappa shape index (κ3) is 3.62. The number of benzene rings is 2. The molecule has 4 heteroatoms. The van der Waals surface area contributed by atoms with Crippen LogP contribution in [0.5, 0.6) is 0 Å². The Hall–Kier alpha value is -1.42. The summed E-state index contributed by atoms with van der Waals surface area (Å²) in [7, 11) is 0. The summed E-state index contributed by atoms with van der Waals surface area (Å²) in [5, 5.41) is 0.140. The van der Waals surface area contributed by atoms with Crippen molar-refractivity contribution < 1.29 is 4.39 Å². The van der Waals surface area contributed by atoms with E-state index in [1.165, 1.54) is 11.6 Å². The van der Waals surface area contributed by atoms with Gasteiger partial charge in [0, 0.05) is 11.5 Å². The Kier molecular flexibility index (Phi) is 4.99. The maximum absolute atomic E-state index is 13.2. The van der Waals surface area contributed by atoms with Crippen LogP contribution in [0.2, 0.25) is 5.02 Å². The van der Waals surface area contributed by atoms with Crippen molar-refractivity contribution in [1.29, 1.82) is 0 Å². The Bertz CT molecular complexity index is 599. The quantitative estimate of drug-likeness (QED) is 0.651. The van der Waals surface area contributed by atoms with E-state index in [-0.39, 0.29) is 16.5 Å². The van der Waals surface area contributed by atoms with Gasteiger partial charge in [0.05, 0.1) is 5.02 Å². The van der Waals surface area contributed by atoms with Gasteiger partial charge in [-0.2, -0.15) is 0 Å². The lowest BCUT2D eigenvalue weighted by Crippen LogP contribution is -2.49. The van der Waals surface area contributed by atoms with Gasteiger partial charge in [-0.3, -0.25) is 11.3 Å². The average Bonchev–Trinajstić information content (AvgIpc) is 2.49. The lowest BCUT2D eigenvalue weighted by Gasteiger charge is -2.34. The molecular formula is C17H20ClFN2. The topological polar surface area (TPSA) is 38.0 Å². The van der Waals surface area contributed by atoms with Crippen LogP contribution in [0.1, 0.15) is 25.0 Å². The molecule has 3 N–H and O–H groups in total. The fourth-order valence-corrected chi connectivity index (χ4v) is 2.70. The number of halogens is 2. The van der Waals surface area contributed by atoms with Gasteiger partial charge in [0.25, 0.3) is 0 Å². The fourth-order valence-electron chi connectivity index (χ4n) is 2.49. The van der Waals surface area contributed by atoms with Crippen molar-refractivity contribution in [2.24, 2.45) is 5.84 Å². The van der Waals surface area contributed by atoms with Gasteiger partial charge >= 0.3 is 0 Å². The summed E-state index contributed by atoms with van der Waals surface area (Å²) >= 11 is 5.85. The molecule has 2 aromatic carbocycles. The van der Waals surface area contributed by atoms with Crippen LogP contribution in [0.3, 0.4) is 0 Å². The zero-order valence-corrected chi connectivity index (χ0v) is 13.0. The Balaban J connectivity index is 2.25. The molecule has 21 heavy (non-hydrogen) atoms. The molecular weight excluding hydrogens is 287 g/mol. The molecule has 0 amide bonds. The smallest absolute Gasteiger partial charge is 0.141 e. The zero-order chi connectivity index (χ0) is 15.5. The molecule has 0 aliphatic heterocycles. The van der Waals surface area contributed by atoms with Gasteiger partial charge in [0.15, 0.2) is 0 Å². The lowest BCUT2D eigenvalue weighted by atomic mass is 9.76. The summed E-state index contributed by atoms with van der Waals surface area (Å²) in [4.78, 5) is 0. The third-order valence-corrected chi connectivity index (χ3v) is 4.30. The van der Waals surface area contributed by atoms with E-state index in [2.05, 4.69) is 31.4 Å². The van der Waals surface area contributed by atoms with Crippen molar-refractivity contribution >= 4 is 11.6 Å². The van der Waals surface area contributed by atoms with E-state index in [0.29, 0.717) is 6.42 Å². The third-order valence-electron chi connectivity index (χ3n) is 4.01. The number of hydrogen-bond donors (Lipinski definition) is 2. The van der Waals surface area contributed by atoms with Gasteiger partial charge in [-0.1, -0.05) is 61.8 Å². The predicted octanol–water partition coefficient (Wildman–Crippen LogP) is 3.83. The van der Waals surface area contributed by atoms with Gasteiger partial charge in [0.2, 0.25) is 0 Å². The number of rotatable bonds is 5. The highest BCUT2D eigenvalue weighted by Gasteiger charge is 2.30. The van der Waals surface area contributed by atoms with E-state index in [0.717, 1.165) is 5.56 Å². The van der Waals surface area contributed by atoms with Crippen molar-refractivity contribution in [2.75, 3.05) is 0 Å². The van der Waals surface area contributed by atoms with Gasteiger partial charge in [0.1, 0.15) is 5.82 Å². The van der Waals surface area contributed by atoms with Crippen LogP contribution in [0.15, 0.2) is 48.5 Å². The van der Waals surface area contributed by atoms with E-state index in [9.17, 15) is 4.39 Å². The molecule has 0 saturated heterocycles. The number of hydrogen-bond acceptors (Lipinski definition) is 2. The van der Waals surface area contributed by atoms with E-state index in [1.54, 1.807) is 12.1 Å². The highest BCUT2D eigenvalue weighted by Crippen LogP contribution is 2.29. The first-order valence-corrected chi connectivity index (χ1v) is 7.28. The molecule has 0 spiro atoms. The SMILES string of the molecule is CC(C)(c1ccccc1)C(Cc1ccc(F)c(Cl)c1)NN. The summed E-state index contributed by atoms with van der Waals surface area (Å²) in [6.07, 6.45) is 0.665.